The maximum Gasteiger partial charge on any atom is 0.337 e. The molecule has 10 heteroatoms. The molecule has 0 spiro atoms. The van der Waals surface area contributed by atoms with Crippen LogP contribution in [-0.2, 0) is 10.0 Å². The fourth-order valence-electron chi connectivity index (χ4n) is 1.36. The number of thiazole rings is 1. The van der Waals surface area contributed by atoms with Crippen molar-refractivity contribution >= 4 is 55.7 Å². The summed E-state index contributed by atoms with van der Waals surface area (Å²) in [5.74, 6) is -1.37. The number of carboxylic acids is 1. The van der Waals surface area contributed by atoms with E-state index in [1.54, 1.807) is 5.38 Å². The van der Waals surface area contributed by atoms with E-state index < -0.39 is 31.5 Å². The number of carboxylic acid groups (broad SMARTS) is 1. The maximum absolute atomic E-state index is 12.2. The van der Waals surface area contributed by atoms with Crippen molar-refractivity contribution in [3.63, 3.8) is 0 Å². The molecule has 0 aliphatic heterocycles. The van der Waals surface area contributed by atoms with Crippen LogP contribution in [0.3, 0.4) is 0 Å². The number of aromatic carboxylic acids is 1. The zero-order valence-electron chi connectivity index (χ0n) is 9.50. The van der Waals surface area contributed by atoms with Crippen LogP contribution in [-0.4, -0.2) is 24.5 Å². The smallest absolute Gasteiger partial charge is 0.337 e. The van der Waals surface area contributed by atoms with E-state index in [0.29, 0.717) is 0 Å². The molecule has 1 aromatic heterocycles. The zero-order chi connectivity index (χ0) is 14.9. The predicted octanol–water partition coefficient (Wildman–Crippen LogP) is 2.95. The number of hydrogen-bond acceptors (Lipinski definition) is 5. The highest BCUT2D eigenvalue weighted by Gasteiger charge is 2.24. The van der Waals surface area contributed by atoms with Crippen molar-refractivity contribution in [1.82, 2.24) is 4.98 Å². The van der Waals surface area contributed by atoms with Crippen molar-refractivity contribution in [1.29, 1.82) is 0 Å². The van der Waals surface area contributed by atoms with E-state index in [0.717, 1.165) is 23.5 Å². The molecule has 0 saturated carbocycles. The summed E-state index contributed by atoms with van der Waals surface area (Å²) in [6.45, 7) is 0. The van der Waals surface area contributed by atoms with Crippen molar-refractivity contribution in [3.8, 4) is 0 Å². The average Bonchev–Trinajstić information content (AvgIpc) is 2.83. The zero-order valence-corrected chi connectivity index (χ0v) is 12.6. The molecule has 0 aliphatic carbocycles. The van der Waals surface area contributed by atoms with Crippen LogP contribution >= 0.6 is 34.5 Å². The van der Waals surface area contributed by atoms with E-state index in [9.17, 15) is 13.2 Å². The Kier molecular flexibility index (Phi) is 4.19. The lowest BCUT2D eigenvalue weighted by atomic mass is 10.2. The molecular formula is C10H6Cl2N2O4S2. The molecular weight excluding hydrogens is 347 g/mol. The molecule has 106 valence electrons. The van der Waals surface area contributed by atoms with Gasteiger partial charge in [0.25, 0.3) is 10.0 Å². The van der Waals surface area contributed by atoms with Crippen molar-refractivity contribution in [3.05, 3.63) is 39.3 Å². The lowest BCUT2D eigenvalue weighted by molar-refractivity contribution is 0.0697. The topological polar surface area (TPSA) is 96.4 Å². The molecule has 0 unspecified atom stereocenters. The third-order valence-electron chi connectivity index (χ3n) is 2.18. The molecule has 20 heavy (non-hydrogen) atoms. The van der Waals surface area contributed by atoms with Gasteiger partial charge in [0.2, 0.25) is 0 Å². The fourth-order valence-corrected chi connectivity index (χ4v) is 4.05. The predicted molar refractivity (Wildman–Crippen MR) is 76.3 cm³/mol. The van der Waals surface area contributed by atoms with Crippen LogP contribution in [0.1, 0.15) is 10.4 Å². The first-order valence-corrected chi connectivity index (χ1v) is 8.08. The van der Waals surface area contributed by atoms with Crippen LogP contribution in [0.25, 0.3) is 0 Å². The molecule has 0 bridgehead atoms. The molecule has 6 nitrogen and oxygen atoms in total. The Bertz CT molecular complexity index is 760. The van der Waals surface area contributed by atoms with Gasteiger partial charge in [-0.2, -0.15) is 0 Å². The van der Waals surface area contributed by atoms with Crippen LogP contribution in [0.4, 0.5) is 5.13 Å². The minimum atomic E-state index is -4.07. The molecule has 2 rings (SSSR count). The quantitative estimate of drug-likeness (QED) is 0.881. The summed E-state index contributed by atoms with van der Waals surface area (Å²) >= 11 is 12.6. The lowest BCUT2D eigenvalue weighted by Crippen LogP contribution is -2.14. The highest BCUT2D eigenvalue weighted by molar-refractivity contribution is 7.93. The van der Waals surface area contributed by atoms with Gasteiger partial charge >= 0.3 is 5.97 Å². The average molecular weight is 353 g/mol. The van der Waals surface area contributed by atoms with Gasteiger partial charge in [-0.1, -0.05) is 23.2 Å². The molecule has 0 saturated heterocycles. The number of anilines is 1. The first kappa shape index (κ1) is 15.0. The Hall–Kier alpha value is -1.35. The van der Waals surface area contributed by atoms with Gasteiger partial charge in [0.15, 0.2) is 5.13 Å². The third kappa shape index (κ3) is 3.04. The Morgan fingerprint density at radius 2 is 2.05 bits per heavy atom. The molecule has 0 atom stereocenters. The van der Waals surface area contributed by atoms with Gasteiger partial charge < -0.3 is 5.11 Å². The second kappa shape index (κ2) is 5.57. The number of benzene rings is 1. The van der Waals surface area contributed by atoms with Gasteiger partial charge in [0, 0.05) is 16.6 Å². The van der Waals surface area contributed by atoms with Gasteiger partial charge in [0.05, 0.1) is 10.6 Å². The Morgan fingerprint density at radius 1 is 1.35 bits per heavy atom. The van der Waals surface area contributed by atoms with Crippen LogP contribution < -0.4 is 4.72 Å². The Labute approximate surface area is 128 Å². The molecule has 0 aliphatic rings. The summed E-state index contributed by atoms with van der Waals surface area (Å²) in [6.07, 6.45) is 1.42. The lowest BCUT2D eigenvalue weighted by Gasteiger charge is -2.09. The summed E-state index contributed by atoms with van der Waals surface area (Å²) in [5.41, 5.74) is -0.390. The molecule has 0 amide bonds. The monoisotopic (exact) mass is 352 g/mol. The van der Waals surface area contributed by atoms with Gasteiger partial charge in [-0.25, -0.2) is 18.2 Å². The highest BCUT2D eigenvalue weighted by Crippen LogP contribution is 2.31. The number of sulfonamides is 1. The van der Waals surface area contributed by atoms with E-state index in [1.165, 1.54) is 6.20 Å². The number of hydrogen-bond donors (Lipinski definition) is 2. The molecule has 2 aromatic rings. The first-order valence-electron chi connectivity index (χ1n) is 4.96. The Morgan fingerprint density at radius 3 is 2.60 bits per heavy atom. The van der Waals surface area contributed by atoms with Crippen LogP contribution in [0.5, 0.6) is 0 Å². The van der Waals surface area contributed by atoms with Crippen molar-refractivity contribution in [2.45, 2.75) is 4.90 Å². The Balaban J connectivity index is 2.54. The number of halogens is 2. The van der Waals surface area contributed by atoms with Gasteiger partial charge in [-0.15, -0.1) is 11.3 Å². The summed E-state index contributed by atoms with van der Waals surface area (Å²) < 4.78 is 26.5. The van der Waals surface area contributed by atoms with Crippen LogP contribution in [0.15, 0.2) is 28.6 Å². The normalized spacial score (nSPS) is 11.3. The summed E-state index contributed by atoms with van der Waals surface area (Å²) in [4.78, 5) is 14.4. The second-order valence-electron chi connectivity index (χ2n) is 3.51. The van der Waals surface area contributed by atoms with Crippen molar-refractivity contribution in [2.24, 2.45) is 0 Å². The SMILES string of the molecule is O=C(O)c1cc(Cl)cc(S(=O)(=O)Nc2nccs2)c1Cl. The van der Waals surface area contributed by atoms with Crippen molar-refractivity contribution < 1.29 is 18.3 Å². The number of aromatic nitrogens is 1. The van der Waals surface area contributed by atoms with Gasteiger partial charge in [-0.05, 0) is 12.1 Å². The highest BCUT2D eigenvalue weighted by atomic mass is 35.5. The van der Waals surface area contributed by atoms with E-state index in [1.807, 2.05) is 0 Å². The van der Waals surface area contributed by atoms with Crippen LogP contribution in [0.2, 0.25) is 10.0 Å². The van der Waals surface area contributed by atoms with Crippen molar-refractivity contribution in [2.75, 3.05) is 4.72 Å². The third-order valence-corrected chi connectivity index (χ3v) is 5.10. The van der Waals surface area contributed by atoms with E-state index in [4.69, 9.17) is 28.3 Å². The van der Waals surface area contributed by atoms with Crippen LogP contribution in [0, 0.1) is 0 Å². The minimum absolute atomic E-state index is 0.0497. The minimum Gasteiger partial charge on any atom is -0.478 e. The van der Waals surface area contributed by atoms with Gasteiger partial charge in [0.1, 0.15) is 4.90 Å². The number of nitrogens with one attached hydrogen (secondary N) is 1. The number of nitrogens with zero attached hydrogens (tertiary/aromatic N) is 1. The number of carbonyl (C=O) groups is 1. The first-order chi connectivity index (χ1) is 9.31. The summed E-state index contributed by atoms with van der Waals surface area (Å²) in [7, 11) is -4.07. The largest absolute Gasteiger partial charge is 0.478 e. The molecule has 0 fully saturated rings. The molecule has 1 heterocycles. The molecule has 1 aromatic carbocycles. The van der Waals surface area contributed by atoms with E-state index >= 15 is 0 Å². The fraction of sp³-hybridized carbons (Fsp3) is 0. The summed E-state index contributed by atoms with van der Waals surface area (Å²) in [6, 6.07) is 2.15. The maximum atomic E-state index is 12.2. The van der Waals surface area contributed by atoms with E-state index in [-0.39, 0.29) is 10.2 Å². The summed E-state index contributed by atoms with van der Waals surface area (Å²) in [5, 5.41) is 10.2. The molecule has 2 N–H and O–H groups in total. The standard InChI is InChI=1S/C10H6Cl2N2O4S2/c11-5-3-6(9(15)16)8(12)7(4-5)20(17,18)14-10-13-1-2-19-10/h1-4H,(H,13,14)(H,15,16). The molecule has 0 radical (unpaired) electrons. The van der Waals surface area contributed by atoms with E-state index in [2.05, 4.69) is 9.71 Å². The van der Waals surface area contributed by atoms with Gasteiger partial charge in [-0.3, -0.25) is 4.72 Å². The number of rotatable bonds is 4. The second-order valence-corrected chi connectivity index (χ2v) is 6.87.